The highest BCUT2D eigenvalue weighted by Gasteiger charge is 2.27. The van der Waals surface area contributed by atoms with E-state index in [1.165, 1.54) is 12.1 Å². The van der Waals surface area contributed by atoms with Crippen LogP contribution in [-0.4, -0.2) is 16.8 Å². The fourth-order valence-corrected chi connectivity index (χ4v) is 4.77. The summed E-state index contributed by atoms with van der Waals surface area (Å²) in [6.45, 7) is 3.67. The maximum Gasteiger partial charge on any atom is 0.340 e. The van der Waals surface area contributed by atoms with Gasteiger partial charge >= 0.3 is 10.1 Å². The summed E-state index contributed by atoms with van der Waals surface area (Å²) < 4.78 is 60.4. The van der Waals surface area contributed by atoms with Crippen LogP contribution in [0.5, 0.6) is 17.2 Å². The second-order valence-electron chi connectivity index (χ2n) is 6.54. The molecule has 0 amide bonds. The molecule has 0 atom stereocenters. The number of sulfonamides is 1. The van der Waals surface area contributed by atoms with Gasteiger partial charge in [-0.2, -0.15) is 8.42 Å². The summed E-state index contributed by atoms with van der Waals surface area (Å²) in [5.41, 5.74) is 1.79. The minimum absolute atomic E-state index is 0.0499. The summed E-state index contributed by atoms with van der Waals surface area (Å²) in [6.07, 6.45) is 0. The van der Waals surface area contributed by atoms with Crippen molar-refractivity contribution in [3.05, 3.63) is 76.8 Å². The first-order chi connectivity index (χ1) is 14.0. The molecule has 10 heteroatoms. The summed E-state index contributed by atoms with van der Waals surface area (Å²) >= 11 is 6.15. The summed E-state index contributed by atoms with van der Waals surface area (Å²) in [6, 6.07) is 15.0. The van der Waals surface area contributed by atoms with E-state index in [4.69, 9.17) is 25.7 Å². The Labute approximate surface area is 180 Å². The zero-order valence-electron chi connectivity index (χ0n) is 16.0. The van der Waals surface area contributed by atoms with Crippen LogP contribution in [0.4, 0.5) is 0 Å². The molecule has 0 saturated heterocycles. The third-order valence-corrected chi connectivity index (χ3v) is 6.66. The fourth-order valence-electron chi connectivity index (χ4n) is 2.58. The Bertz CT molecular complexity index is 1300. The van der Waals surface area contributed by atoms with Crippen LogP contribution in [0.3, 0.4) is 0 Å². The highest BCUT2D eigenvalue weighted by atomic mass is 35.5. The van der Waals surface area contributed by atoms with Gasteiger partial charge in [0.2, 0.25) is 10.0 Å². The number of halogens is 1. The SMILES string of the molecule is Cc1ccc(OS(=O)(=O)c2cc(S(N)(=O)=O)c(Oc3cccc(C)c3)cc2Cl)cc1. The quantitative estimate of drug-likeness (QED) is 0.544. The van der Waals surface area contributed by atoms with E-state index in [2.05, 4.69) is 0 Å². The van der Waals surface area contributed by atoms with E-state index in [1.54, 1.807) is 30.3 Å². The number of benzene rings is 3. The highest BCUT2D eigenvalue weighted by Crippen LogP contribution is 2.36. The number of aryl methyl sites for hydroxylation is 2. The maximum absolute atomic E-state index is 12.7. The van der Waals surface area contributed by atoms with Crippen LogP contribution >= 0.6 is 11.6 Å². The van der Waals surface area contributed by atoms with Crippen LogP contribution in [0.1, 0.15) is 11.1 Å². The van der Waals surface area contributed by atoms with Crippen molar-refractivity contribution in [3.63, 3.8) is 0 Å². The molecular weight excluding hydrogens is 450 g/mol. The molecule has 3 aromatic carbocycles. The molecule has 7 nitrogen and oxygen atoms in total. The topological polar surface area (TPSA) is 113 Å². The van der Waals surface area contributed by atoms with Crippen LogP contribution in [0.15, 0.2) is 70.5 Å². The molecule has 0 aliphatic rings. The minimum atomic E-state index is -4.44. The largest absolute Gasteiger partial charge is 0.456 e. The average molecular weight is 468 g/mol. The monoisotopic (exact) mass is 467 g/mol. The van der Waals surface area contributed by atoms with Gasteiger partial charge in [-0.25, -0.2) is 13.6 Å². The average Bonchev–Trinajstić information content (AvgIpc) is 2.62. The predicted octanol–water partition coefficient (Wildman–Crippen LogP) is 4.16. The Morgan fingerprint density at radius 3 is 2.07 bits per heavy atom. The molecule has 0 heterocycles. The van der Waals surface area contributed by atoms with E-state index in [1.807, 2.05) is 19.9 Å². The highest BCUT2D eigenvalue weighted by molar-refractivity contribution is 7.89. The molecule has 0 bridgehead atoms. The first kappa shape index (κ1) is 22.1. The molecule has 3 rings (SSSR count). The third kappa shape index (κ3) is 5.11. The van der Waals surface area contributed by atoms with Gasteiger partial charge < -0.3 is 8.92 Å². The van der Waals surface area contributed by atoms with Crippen molar-refractivity contribution in [1.29, 1.82) is 0 Å². The fraction of sp³-hybridized carbons (Fsp3) is 0.100. The Morgan fingerprint density at radius 2 is 1.47 bits per heavy atom. The Hall–Kier alpha value is -2.59. The van der Waals surface area contributed by atoms with Crippen molar-refractivity contribution in [1.82, 2.24) is 0 Å². The smallest absolute Gasteiger partial charge is 0.340 e. The van der Waals surface area contributed by atoms with Gasteiger partial charge in [0.05, 0.1) is 5.02 Å². The lowest BCUT2D eigenvalue weighted by atomic mass is 10.2. The van der Waals surface area contributed by atoms with E-state index in [9.17, 15) is 16.8 Å². The lowest BCUT2D eigenvalue weighted by Gasteiger charge is -2.14. The van der Waals surface area contributed by atoms with Crippen LogP contribution in [0.2, 0.25) is 5.02 Å². The molecular formula is C20H18ClNO6S2. The minimum Gasteiger partial charge on any atom is -0.456 e. The van der Waals surface area contributed by atoms with E-state index in [-0.39, 0.29) is 16.5 Å². The summed E-state index contributed by atoms with van der Waals surface area (Å²) in [5, 5.41) is 5.01. The number of rotatable bonds is 6. The van der Waals surface area contributed by atoms with Crippen LogP contribution < -0.4 is 14.1 Å². The van der Waals surface area contributed by atoms with Gasteiger partial charge in [0.1, 0.15) is 27.0 Å². The van der Waals surface area contributed by atoms with E-state index in [0.29, 0.717) is 5.75 Å². The van der Waals surface area contributed by atoms with Crippen LogP contribution in [0, 0.1) is 13.8 Å². The zero-order valence-corrected chi connectivity index (χ0v) is 18.4. The van der Waals surface area contributed by atoms with Gasteiger partial charge in [-0.3, -0.25) is 0 Å². The van der Waals surface area contributed by atoms with Gasteiger partial charge in [-0.1, -0.05) is 41.4 Å². The molecule has 2 N–H and O–H groups in total. The number of ether oxygens (including phenoxy) is 1. The van der Waals surface area contributed by atoms with Gasteiger partial charge in [-0.05, 0) is 49.7 Å². The molecule has 0 aliphatic heterocycles. The van der Waals surface area contributed by atoms with E-state index in [0.717, 1.165) is 23.3 Å². The molecule has 0 spiro atoms. The Morgan fingerprint density at radius 1 is 0.800 bits per heavy atom. The standard InChI is InChI=1S/C20H18ClNO6S2/c1-13-6-8-15(9-7-13)28-30(25,26)19-12-20(29(22,23)24)18(11-17(19)21)27-16-5-3-4-14(2)10-16/h3-12H,1-2H3,(H2,22,23,24). The molecule has 0 unspecified atom stereocenters. The molecule has 0 aromatic heterocycles. The number of hydrogen-bond donors (Lipinski definition) is 1. The normalized spacial score (nSPS) is 11.9. The number of nitrogens with two attached hydrogens (primary N) is 1. The summed E-state index contributed by atoms with van der Waals surface area (Å²) in [7, 11) is -8.79. The molecule has 0 aliphatic carbocycles. The lowest BCUT2D eigenvalue weighted by Crippen LogP contribution is -2.16. The van der Waals surface area contributed by atoms with Crippen LogP contribution in [-0.2, 0) is 20.1 Å². The van der Waals surface area contributed by atoms with Crippen molar-refractivity contribution < 1.29 is 25.8 Å². The third-order valence-electron chi connectivity index (χ3n) is 4.02. The molecule has 30 heavy (non-hydrogen) atoms. The van der Waals surface area contributed by atoms with Crippen molar-refractivity contribution >= 4 is 31.7 Å². The second-order valence-corrected chi connectivity index (χ2v) is 10.00. The molecule has 3 aromatic rings. The summed E-state index contributed by atoms with van der Waals surface area (Å²) in [5.74, 6) is 0.179. The van der Waals surface area contributed by atoms with Crippen molar-refractivity contribution in [2.45, 2.75) is 23.6 Å². The van der Waals surface area contributed by atoms with E-state index < -0.39 is 29.9 Å². The van der Waals surface area contributed by atoms with Gasteiger partial charge in [0.25, 0.3) is 0 Å². The van der Waals surface area contributed by atoms with Crippen molar-refractivity contribution in [2.24, 2.45) is 5.14 Å². The van der Waals surface area contributed by atoms with Gasteiger partial charge in [0, 0.05) is 6.07 Å². The van der Waals surface area contributed by atoms with Gasteiger partial charge in [-0.15, -0.1) is 0 Å². The number of primary sulfonamides is 1. The lowest BCUT2D eigenvalue weighted by molar-refractivity contribution is 0.465. The zero-order chi connectivity index (χ0) is 22.1. The Balaban J connectivity index is 2.07. The van der Waals surface area contributed by atoms with Crippen molar-refractivity contribution in [3.8, 4) is 17.2 Å². The molecule has 0 radical (unpaired) electrons. The summed E-state index contributed by atoms with van der Waals surface area (Å²) in [4.78, 5) is -1.09. The molecule has 0 fully saturated rings. The molecule has 158 valence electrons. The second kappa shape index (κ2) is 8.27. The van der Waals surface area contributed by atoms with Gasteiger partial charge in [0.15, 0.2) is 0 Å². The van der Waals surface area contributed by atoms with E-state index >= 15 is 0 Å². The predicted molar refractivity (Wildman–Crippen MR) is 113 cm³/mol. The Kier molecular flexibility index (Phi) is 6.09. The first-order valence-electron chi connectivity index (χ1n) is 8.58. The first-order valence-corrected chi connectivity index (χ1v) is 11.9. The number of hydrogen-bond acceptors (Lipinski definition) is 6. The molecule has 0 saturated carbocycles. The maximum atomic E-state index is 12.7. The van der Waals surface area contributed by atoms with Crippen molar-refractivity contribution in [2.75, 3.05) is 0 Å². The van der Waals surface area contributed by atoms with Crippen LogP contribution in [0.25, 0.3) is 0 Å².